The van der Waals surface area contributed by atoms with Gasteiger partial charge in [-0.3, -0.25) is 4.79 Å². The third-order valence-electron chi connectivity index (χ3n) is 9.00. The number of carbonyl (C=O) groups excluding carboxylic acids is 3. The fourth-order valence-electron chi connectivity index (χ4n) is 6.49. The van der Waals surface area contributed by atoms with Crippen molar-refractivity contribution in [2.45, 2.75) is 117 Å². The lowest BCUT2D eigenvalue weighted by molar-refractivity contribution is -0.165. The van der Waals surface area contributed by atoms with Crippen LogP contribution in [0.4, 0.5) is 4.79 Å². The number of nitrogens with one attached hydrogen (secondary N) is 1. The molecule has 264 valence electrons. The number of esters is 1. The molecule has 2 aromatic rings. The number of methoxy groups -OCH3 is 1. The largest absolute Gasteiger partial charge is 0.497 e. The predicted molar refractivity (Wildman–Crippen MR) is 184 cm³/mol. The average Bonchev–Trinajstić information content (AvgIpc) is 3.57. The van der Waals surface area contributed by atoms with Gasteiger partial charge in [-0.2, -0.15) is 0 Å². The number of hydrogen-bond acceptors (Lipinski definition) is 9. The van der Waals surface area contributed by atoms with E-state index in [1.165, 1.54) is 4.90 Å². The van der Waals surface area contributed by atoms with Crippen LogP contribution in [0.5, 0.6) is 11.6 Å². The van der Waals surface area contributed by atoms with Gasteiger partial charge in [0.25, 0.3) is 5.88 Å². The predicted octanol–water partition coefficient (Wildman–Crippen LogP) is 6.89. The van der Waals surface area contributed by atoms with Gasteiger partial charge >= 0.3 is 12.1 Å². The van der Waals surface area contributed by atoms with Crippen LogP contribution in [-0.2, 0) is 19.1 Å². The Labute approximate surface area is 289 Å². The van der Waals surface area contributed by atoms with Crippen LogP contribution < -0.4 is 14.8 Å². The first-order chi connectivity index (χ1) is 22.5. The van der Waals surface area contributed by atoms with Gasteiger partial charge in [0.1, 0.15) is 35.6 Å². The number of halogens is 1. The molecular weight excluding hydrogens is 636 g/mol. The Morgan fingerprint density at radius 3 is 2.48 bits per heavy atom. The first kappa shape index (κ1) is 37.2. The molecule has 4 rings (SSSR count). The van der Waals surface area contributed by atoms with Gasteiger partial charge in [0.05, 0.1) is 24.7 Å². The molecular formula is C36H51ClN4O7. The summed E-state index contributed by atoms with van der Waals surface area (Å²) in [5.41, 5.74) is -0.451. The minimum Gasteiger partial charge on any atom is -0.497 e. The molecule has 2 heterocycles. The van der Waals surface area contributed by atoms with Gasteiger partial charge in [0.15, 0.2) is 5.15 Å². The smallest absolute Gasteiger partial charge is 0.408 e. The van der Waals surface area contributed by atoms with E-state index in [0.717, 1.165) is 38.5 Å². The van der Waals surface area contributed by atoms with Gasteiger partial charge in [0, 0.05) is 12.0 Å². The zero-order chi connectivity index (χ0) is 35.4. The summed E-state index contributed by atoms with van der Waals surface area (Å²) in [6, 6.07) is 3.22. The molecule has 1 saturated heterocycles. The summed E-state index contributed by atoms with van der Waals surface area (Å²) in [5.74, 6) is -0.595. The topological polar surface area (TPSA) is 129 Å². The number of ether oxygens (including phenoxy) is 4. The number of unbranched alkanes of at least 4 members (excludes halogenated alkanes) is 1. The van der Waals surface area contributed by atoms with Crippen LogP contribution in [-0.4, -0.2) is 76.4 Å². The number of benzene rings is 1. The molecule has 1 N–H and O–H groups in total. The molecule has 1 aromatic carbocycles. The Bertz CT molecular complexity index is 1490. The highest BCUT2D eigenvalue weighted by Gasteiger charge is 2.51. The number of alkyl carbamates (subject to hydrolysis) is 1. The zero-order valence-electron chi connectivity index (χ0n) is 29.5. The quantitative estimate of drug-likeness (QED) is 0.153. The van der Waals surface area contributed by atoms with E-state index in [4.69, 9.17) is 30.5 Å². The van der Waals surface area contributed by atoms with E-state index in [1.807, 2.05) is 33.8 Å². The lowest BCUT2D eigenvalue weighted by atomic mass is 9.85. The normalized spacial score (nSPS) is 23.4. The summed E-state index contributed by atoms with van der Waals surface area (Å²) < 4.78 is 23.3. The number of allylic oxidation sites excluding steroid dienone is 1. The molecule has 0 bridgehead atoms. The fraction of sp³-hybridized carbons (Fsp3) is 0.639. The van der Waals surface area contributed by atoms with E-state index in [0.29, 0.717) is 16.8 Å². The molecule has 2 aliphatic rings. The van der Waals surface area contributed by atoms with Crippen molar-refractivity contribution in [3.8, 4) is 11.6 Å². The van der Waals surface area contributed by atoms with Gasteiger partial charge in [0.2, 0.25) is 5.91 Å². The van der Waals surface area contributed by atoms with E-state index >= 15 is 0 Å². The first-order valence-electron chi connectivity index (χ1n) is 16.8. The van der Waals surface area contributed by atoms with Crippen LogP contribution in [0.1, 0.15) is 87.0 Å². The van der Waals surface area contributed by atoms with Crippen molar-refractivity contribution in [1.29, 1.82) is 0 Å². The van der Waals surface area contributed by atoms with Gasteiger partial charge in [-0.05, 0) is 82.8 Å². The highest BCUT2D eigenvalue weighted by atomic mass is 35.5. The standard InChI is InChI=1S/C36H51ClN4O7/c1-10-11-12-14-22-15-13-16-26(22)47-34(44)40-29(35(3,4)5)32(42)41-20-27(21(2)28(41)33(43)48-36(6,7)8)46-31-30(37)38-24-18-17-23(45-9)19-25(24)39-31/h10,17-19,21-22,26-29H,1,11-16,20H2,2-9H3,(H,40,44). The Morgan fingerprint density at radius 1 is 1.10 bits per heavy atom. The number of rotatable bonds is 11. The molecule has 1 aromatic heterocycles. The summed E-state index contributed by atoms with van der Waals surface area (Å²) in [4.78, 5) is 51.9. The maximum absolute atomic E-state index is 14.5. The molecule has 12 heteroatoms. The monoisotopic (exact) mass is 686 g/mol. The number of fused-ring (bicyclic) bond motifs is 1. The lowest BCUT2D eigenvalue weighted by Gasteiger charge is -2.36. The van der Waals surface area contributed by atoms with E-state index in [-0.39, 0.29) is 29.6 Å². The third-order valence-corrected chi connectivity index (χ3v) is 9.24. The fourth-order valence-corrected chi connectivity index (χ4v) is 6.67. The Kier molecular flexibility index (Phi) is 11.9. The maximum atomic E-state index is 14.5. The molecule has 48 heavy (non-hydrogen) atoms. The Balaban J connectivity index is 1.58. The number of aromatic nitrogens is 2. The summed E-state index contributed by atoms with van der Waals surface area (Å²) in [5, 5.41) is 2.91. The maximum Gasteiger partial charge on any atom is 0.408 e. The molecule has 11 nitrogen and oxygen atoms in total. The van der Waals surface area contributed by atoms with Crippen molar-refractivity contribution in [3.05, 3.63) is 36.0 Å². The second kappa shape index (κ2) is 15.3. The van der Waals surface area contributed by atoms with E-state index in [1.54, 1.807) is 46.1 Å². The number of carbonyl (C=O) groups is 3. The van der Waals surface area contributed by atoms with Crippen LogP contribution >= 0.6 is 11.6 Å². The third kappa shape index (κ3) is 9.09. The first-order valence-corrected chi connectivity index (χ1v) is 17.2. The molecule has 2 amide bonds. The minimum atomic E-state index is -1.00. The molecule has 1 aliphatic carbocycles. The Hall–Kier alpha value is -3.60. The summed E-state index contributed by atoms with van der Waals surface area (Å²) in [6.07, 6.45) is 5.99. The lowest BCUT2D eigenvalue weighted by Crippen LogP contribution is -2.58. The number of hydrogen-bond donors (Lipinski definition) is 1. The van der Waals surface area contributed by atoms with Crippen LogP contribution in [0.25, 0.3) is 11.0 Å². The van der Waals surface area contributed by atoms with E-state index in [2.05, 4.69) is 21.9 Å². The van der Waals surface area contributed by atoms with Crippen molar-refractivity contribution in [1.82, 2.24) is 20.2 Å². The highest BCUT2D eigenvalue weighted by molar-refractivity contribution is 6.31. The van der Waals surface area contributed by atoms with Crippen LogP contribution in [0, 0.1) is 17.3 Å². The van der Waals surface area contributed by atoms with Crippen molar-refractivity contribution >= 4 is 40.6 Å². The van der Waals surface area contributed by atoms with Crippen molar-refractivity contribution in [2.24, 2.45) is 17.3 Å². The second-order valence-corrected chi connectivity index (χ2v) is 15.3. The van der Waals surface area contributed by atoms with Gasteiger partial charge in [-0.15, -0.1) is 6.58 Å². The van der Waals surface area contributed by atoms with Crippen LogP contribution in [0.2, 0.25) is 5.15 Å². The molecule has 1 aliphatic heterocycles. The van der Waals surface area contributed by atoms with Crippen LogP contribution in [0.15, 0.2) is 30.9 Å². The molecule has 6 unspecified atom stereocenters. The number of likely N-dealkylation sites (tertiary alicyclic amines) is 1. The number of amides is 2. The van der Waals surface area contributed by atoms with Crippen LogP contribution in [0.3, 0.4) is 0 Å². The average molecular weight is 687 g/mol. The minimum absolute atomic E-state index is 0.0232. The number of nitrogens with zero attached hydrogens (tertiary/aromatic N) is 3. The SMILES string of the molecule is C=CCCCC1CCCC1OC(=O)NC(C(=O)N1CC(Oc2nc3cc(OC)ccc3nc2Cl)C(C)C1C(=O)OC(C)(C)C)C(C)(C)C. The zero-order valence-corrected chi connectivity index (χ0v) is 30.3. The molecule has 0 spiro atoms. The van der Waals surface area contributed by atoms with Crippen molar-refractivity contribution in [3.63, 3.8) is 0 Å². The summed E-state index contributed by atoms with van der Waals surface area (Å²) in [6.45, 7) is 16.5. The van der Waals surface area contributed by atoms with Crippen molar-refractivity contribution in [2.75, 3.05) is 13.7 Å². The summed E-state index contributed by atoms with van der Waals surface area (Å²) in [7, 11) is 1.56. The van der Waals surface area contributed by atoms with Crippen molar-refractivity contribution < 1.29 is 33.3 Å². The van der Waals surface area contributed by atoms with Gasteiger partial charge in [-0.1, -0.05) is 45.4 Å². The molecule has 6 atom stereocenters. The molecule has 0 radical (unpaired) electrons. The molecule has 2 fully saturated rings. The second-order valence-electron chi connectivity index (χ2n) is 15.0. The van der Waals surface area contributed by atoms with Gasteiger partial charge < -0.3 is 29.2 Å². The van der Waals surface area contributed by atoms with Gasteiger partial charge in [-0.25, -0.2) is 19.6 Å². The van der Waals surface area contributed by atoms with E-state index in [9.17, 15) is 14.4 Å². The summed E-state index contributed by atoms with van der Waals surface area (Å²) >= 11 is 6.50. The molecule has 1 saturated carbocycles. The Morgan fingerprint density at radius 2 is 1.83 bits per heavy atom. The van der Waals surface area contributed by atoms with E-state index < -0.39 is 53.1 Å². The highest BCUT2D eigenvalue weighted by Crippen LogP contribution is 2.36.